The van der Waals surface area contributed by atoms with E-state index >= 15 is 0 Å². The summed E-state index contributed by atoms with van der Waals surface area (Å²) in [5, 5.41) is 13.7. The van der Waals surface area contributed by atoms with Gasteiger partial charge in [-0.3, -0.25) is 15.0 Å². The molecule has 1 aliphatic heterocycles. The maximum atomic E-state index is 12.5. The molecular formula is C18H23N3O5. The molecule has 140 valence electrons. The molecular weight excluding hydrogens is 338 g/mol. The number of nitrogens with zero attached hydrogens (tertiary/aromatic N) is 2. The Balaban J connectivity index is 2.45. The van der Waals surface area contributed by atoms with Crippen molar-refractivity contribution in [3.05, 3.63) is 51.2 Å². The molecule has 0 radical (unpaired) electrons. The number of rotatable bonds is 7. The van der Waals surface area contributed by atoms with Crippen LogP contribution >= 0.6 is 0 Å². The molecule has 0 saturated heterocycles. The Hall–Kier alpha value is -2.90. The number of nitrogens with one attached hydrogen (secondary N) is 1. The van der Waals surface area contributed by atoms with Crippen molar-refractivity contribution >= 4 is 17.7 Å². The van der Waals surface area contributed by atoms with Crippen LogP contribution in [0.15, 0.2) is 35.5 Å². The molecule has 0 fully saturated rings. The highest BCUT2D eigenvalue weighted by atomic mass is 16.6. The molecule has 1 aromatic carbocycles. The van der Waals surface area contributed by atoms with E-state index in [1.165, 1.54) is 29.2 Å². The quantitative estimate of drug-likeness (QED) is 0.456. The van der Waals surface area contributed by atoms with E-state index in [-0.39, 0.29) is 18.3 Å². The van der Waals surface area contributed by atoms with Crippen molar-refractivity contribution in [3.63, 3.8) is 0 Å². The summed E-state index contributed by atoms with van der Waals surface area (Å²) in [4.78, 5) is 36.9. The lowest BCUT2D eigenvalue weighted by atomic mass is 9.94. The fourth-order valence-corrected chi connectivity index (χ4v) is 2.88. The smallest absolute Gasteiger partial charge is 0.338 e. The van der Waals surface area contributed by atoms with Crippen molar-refractivity contribution in [2.45, 2.75) is 39.7 Å². The van der Waals surface area contributed by atoms with Crippen molar-refractivity contribution in [1.82, 2.24) is 10.2 Å². The number of carbonyl (C=O) groups is 2. The number of unbranched alkanes of at least 4 members (excludes halogenated alkanes) is 1. The van der Waals surface area contributed by atoms with E-state index in [0.29, 0.717) is 23.4 Å². The third-order valence-electron chi connectivity index (χ3n) is 4.26. The highest BCUT2D eigenvalue weighted by Gasteiger charge is 2.36. The van der Waals surface area contributed by atoms with E-state index < -0.39 is 16.9 Å². The molecule has 1 aliphatic rings. The van der Waals surface area contributed by atoms with E-state index in [9.17, 15) is 19.7 Å². The summed E-state index contributed by atoms with van der Waals surface area (Å²) in [5.74, 6) is -0.505. The lowest BCUT2D eigenvalue weighted by molar-refractivity contribution is -0.384. The van der Waals surface area contributed by atoms with Gasteiger partial charge in [0.25, 0.3) is 5.69 Å². The fourth-order valence-electron chi connectivity index (χ4n) is 2.88. The van der Waals surface area contributed by atoms with Gasteiger partial charge in [-0.15, -0.1) is 0 Å². The molecule has 0 spiro atoms. The Morgan fingerprint density at radius 3 is 2.50 bits per heavy atom. The zero-order valence-electron chi connectivity index (χ0n) is 15.2. The van der Waals surface area contributed by atoms with Gasteiger partial charge in [-0.1, -0.05) is 13.3 Å². The van der Waals surface area contributed by atoms with Crippen LogP contribution in [-0.2, 0) is 9.53 Å². The normalized spacial score (nSPS) is 17.1. The Bertz CT molecular complexity index is 727. The van der Waals surface area contributed by atoms with Gasteiger partial charge >= 0.3 is 12.0 Å². The number of amides is 2. The minimum absolute atomic E-state index is 0.0566. The predicted octanol–water partition coefficient (Wildman–Crippen LogP) is 3.30. The second-order valence-electron chi connectivity index (χ2n) is 5.96. The van der Waals surface area contributed by atoms with Crippen LogP contribution in [0.1, 0.15) is 45.2 Å². The van der Waals surface area contributed by atoms with Crippen molar-refractivity contribution < 1.29 is 19.2 Å². The third kappa shape index (κ3) is 4.01. The molecule has 26 heavy (non-hydrogen) atoms. The Morgan fingerprint density at radius 2 is 1.96 bits per heavy atom. The number of hydrogen-bond acceptors (Lipinski definition) is 5. The monoisotopic (exact) mass is 361 g/mol. The number of benzene rings is 1. The third-order valence-corrected chi connectivity index (χ3v) is 4.26. The summed E-state index contributed by atoms with van der Waals surface area (Å²) in [6.07, 6.45) is 1.72. The number of hydrogen-bond donors (Lipinski definition) is 1. The molecule has 0 unspecified atom stereocenters. The number of allylic oxidation sites excluding steroid dienone is 1. The number of non-ortho nitro benzene ring substituents is 1. The van der Waals surface area contributed by atoms with Gasteiger partial charge in [0.05, 0.1) is 23.1 Å². The van der Waals surface area contributed by atoms with E-state index in [4.69, 9.17) is 4.74 Å². The van der Waals surface area contributed by atoms with Gasteiger partial charge in [-0.25, -0.2) is 9.59 Å². The van der Waals surface area contributed by atoms with Crippen LogP contribution in [0, 0.1) is 10.1 Å². The molecule has 2 amide bonds. The van der Waals surface area contributed by atoms with Crippen LogP contribution in [0.3, 0.4) is 0 Å². The lowest BCUT2D eigenvalue weighted by Crippen LogP contribution is -2.48. The number of carbonyl (C=O) groups excluding carboxylic acids is 2. The summed E-state index contributed by atoms with van der Waals surface area (Å²) in [7, 11) is 0. The maximum Gasteiger partial charge on any atom is 0.338 e. The first-order valence-corrected chi connectivity index (χ1v) is 8.60. The lowest BCUT2D eigenvalue weighted by Gasteiger charge is -2.35. The van der Waals surface area contributed by atoms with Gasteiger partial charge in [-0.05, 0) is 38.0 Å². The topological polar surface area (TPSA) is 102 Å². The number of urea groups is 1. The minimum atomic E-state index is -0.708. The summed E-state index contributed by atoms with van der Waals surface area (Å²) in [6, 6.07) is 4.77. The number of nitro benzene ring substituents is 1. The molecule has 8 nitrogen and oxygen atoms in total. The molecule has 0 saturated carbocycles. The first-order valence-electron chi connectivity index (χ1n) is 8.60. The van der Waals surface area contributed by atoms with E-state index in [1.54, 1.807) is 13.8 Å². The number of ether oxygens (including phenoxy) is 1. The zero-order chi connectivity index (χ0) is 19.3. The molecule has 1 N–H and O–H groups in total. The molecule has 0 aromatic heterocycles. The number of nitro groups is 1. The molecule has 8 heteroatoms. The van der Waals surface area contributed by atoms with Crippen molar-refractivity contribution in [3.8, 4) is 0 Å². The SMILES string of the molecule is CCCCN1C(=O)N[C@@H](c2ccc([N+](=O)[O-])cc2)C(C(=O)OCC)=C1C. The van der Waals surface area contributed by atoms with Crippen LogP contribution in [0.25, 0.3) is 0 Å². The van der Waals surface area contributed by atoms with Crippen LogP contribution in [0.4, 0.5) is 10.5 Å². The summed E-state index contributed by atoms with van der Waals surface area (Å²) < 4.78 is 5.17. The Morgan fingerprint density at radius 1 is 1.31 bits per heavy atom. The first-order chi connectivity index (χ1) is 12.4. The largest absolute Gasteiger partial charge is 0.463 e. The van der Waals surface area contributed by atoms with Crippen molar-refractivity contribution in [1.29, 1.82) is 0 Å². The van der Waals surface area contributed by atoms with Gasteiger partial charge in [0.2, 0.25) is 0 Å². The fraction of sp³-hybridized carbons (Fsp3) is 0.444. The Labute approximate surface area is 152 Å². The summed E-state index contributed by atoms with van der Waals surface area (Å²) >= 11 is 0. The van der Waals surface area contributed by atoms with Crippen LogP contribution in [0.2, 0.25) is 0 Å². The molecule has 1 atom stereocenters. The van der Waals surface area contributed by atoms with Crippen molar-refractivity contribution in [2.24, 2.45) is 0 Å². The van der Waals surface area contributed by atoms with Crippen LogP contribution < -0.4 is 5.32 Å². The Kier molecular flexibility index (Phi) is 6.32. The number of esters is 1. The average molecular weight is 361 g/mol. The zero-order valence-corrected chi connectivity index (χ0v) is 15.2. The predicted molar refractivity (Wildman–Crippen MR) is 95.3 cm³/mol. The van der Waals surface area contributed by atoms with Gasteiger partial charge in [0.15, 0.2) is 0 Å². The van der Waals surface area contributed by atoms with E-state index in [0.717, 1.165) is 12.8 Å². The highest BCUT2D eigenvalue weighted by Crippen LogP contribution is 2.32. The average Bonchev–Trinajstić information content (AvgIpc) is 2.61. The van der Waals surface area contributed by atoms with Crippen molar-refractivity contribution in [2.75, 3.05) is 13.2 Å². The molecule has 1 heterocycles. The van der Waals surface area contributed by atoms with E-state index in [2.05, 4.69) is 5.32 Å². The standard InChI is InChI=1S/C18H23N3O5/c1-4-6-11-20-12(3)15(17(22)26-5-2)16(19-18(20)23)13-7-9-14(10-8-13)21(24)25/h7-10,16H,4-6,11H2,1-3H3,(H,19,23)/t16-/m0/s1. The first kappa shape index (κ1) is 19.4. The second kappa shape index (κ2) is 8.46. The van der Waals surface area contributed by atoms with E-state index in [1.807, 2.05) is 6.92 Å². The molecule has 0 bridgehead atoms. The molecule has 0 aliphatic carbocycles. The van der Waals surface area contributed by atoms with Gasteiger partial charge < -0.3 is 10.1 Å². The highest BCUT2D eigenvalue weighted by molar-refractivity contribution is 5.95. The summed E-state index contributed by atoms with van der Waals surface area (Å²) in [6.45, 7) is 6.17. The van der Waals surface area contributed by atoms with Gasteiger partial charge in [0, 0.05) is 24.4 Å². The molecule has 2 rings (SSSR count). The van der Waals surface area contributed by atoms with Crippen LogP contribution in [0.5, 0.6) is 0 Å². The minimum Gasteiger partial charge on any atom is -0.463 e. The van der Waals surface area contributed by atoms with Gasteiger partial charge in [-0.2, -0.15) is 0 Å². The van der Waals surface area contributed by atoms with Gasteiger partial charge in [0.1, 0.15) is 0 Å². The van der Waals surface area contributed by atoms with Crippen LogP contribution in [-0.4, -0.2) is 35.0 Å². The summed E-state index contributed by atoms with van der Waals surface area (Å²) in [5.41, 5.74) is 1.42. The second-order valence-corrected chi connectivity index (χ2v) is 5.96. The maximum absolute atomic E-state index is 12.5. The molecule has 1 aromatic rings.